The van der Waals surface area contributed by atoms with E-state index < -0.39 is 0 Å². The molecule has 0 heterocycles. The summed E-state index contributed by atoms with van der Waals surface area (Å²) in [5.41, 5.74) is 2.20. The Morgan fingerprint density at radius 3 is 2.42 bits per heavy atom. The molecule has 0 aromatic heterocycles. The van der Waals surface area contributed by atoms with Gasteiger partial charge in [-0.15, -0.1) is 12.4 Å². The number of ether oxygens (including phenoxy) is 2. The fraction of sp³-hybridized carbons (Fsp3) is 0.429. The molecule has 2 rings (SSSR count). The number of para-hydroxylation sites is 1. The minimum atomic E-state index is 0. The van der Waals surface area contributed by atoms with Crippen molar-refractivity contribution in [1.29, 1.82) is 0 Å². The van der Waals surface area contributed by atoms with Crippen LogP contribution in [0.2, 0.25) is 5.02 Å². The Morgan fingerprint density at radius 2 is 1.73 bits per heavy atom. The lowest BCUT2D eigenvalue weighted by Gasteiger charge is -2.16. The van der Waals surface area contributed by atoms with Gasteiger partial charge in [0, 0.05) is 17.1 Å². The zero-order valence-corrected chi connectivity index (χ0v) is 17.2. The highest BCUT2D eigenvalue weighted by molar-refractivity contribution is 6.30. The summed E-state index contributed by atoms with van der Waals surface area (Å²) in [7, 11) is 0. The van der Waals surface area contributed by atoms with E-state index in [1.54, 1.807) is 0 Å². The number of hydrogen-bond donors (Lipinski definition) is 1. The van der Waals surface area contributed by atoms with Gasteiger partial charge in [0.15, 0.2) is 11.5 Å². The van der Waals surface area contributed by atoms with Crippen LogP contribution >= 0.6 is 24.0 Å². The van der Waals surface area contributed by atoms with E-state index in [0.29, 0.717) is 13.2 Å². The first-order valence-electron chi connectivity index (χ1n) is 9.07. The SMILES string of the molecule is CCCCCNCc1cccc(OCC)c1OCc1ccc(Cl)cc1.Cl. The van der Waals surface area contributed by atoms with E-state index in [9.17, 15) is 0 Å². The van der Waals surface area contributed by atoms with Crippen LogP contribution in [0.25, 0.3) is 0 Å². The van der Waals surface area contributed by atoms with Gasteiger partial charge in [-0.25, -0.2) is 0 Å². The van der Waals surface area contributed by atoms with E-state index >= 15 is 0 Å². The van der Waals surface area contributed by atoms with Crippen molar-refractivity contribution in [3.8, 4) is 11.5 Å². The van der Waals surface area contributed by atoms with Gasteiger partial charge in [-0.05, 0) is 43.7 Å². The van der Waals surface area contributed by atoms with E-state index in [-0.39, 0.29) is 12.4 Å². The van der Waals surface area contributed by atoms with Crippen molar-refractivity contribution in [2.75, 3.05) is 13.2 Å². The zero-order chi connectivity index (χ0) is 17.9. The Hall–Kier alpha value is -1.42. The summed E-state index contributed by atoms with van der Waals surface area (Å²) < 4.78 is 11.9. The molecule has 1 N–H and O–H groups in total. The normalized spacial score (nSPS) is 10.3. The molecular weight excluding hydrogens is 369 g/mol. The molecule has 0 saturated carbocycles. The maximum absolute atomic E-state index is 6.12. The summed E-state index contributed by atoms with van der Waals surface area (Å²) in [4.78, 5) is 0. The molecule has 0 amide bonds. The van der Waals surface area contributed by atoms with E-state index in [1.165, 1.54) is 19.3 Å². The largest absolute Gasteiger partial charge is 0.490 e. The fourth-order valence-electron chi connectivity index (χ4n) is 2.59. The zero-order valence-electron chi connectivity index (χ0n) is 15.6. The van der Waals surface area contributed by atoms with Gasteiger partial charge >= 0.3 is 0 Å². The van der Waals surface area contributed by atoms with Crippen molar-refractivity contribution < 1.29 is 9.47 Å². The van der Waals surface area contributed by atoms with Crippen molar-refractivity contribution in [3.63, 3.8) is 0 Å². The van der Waals surface area contributed by atoms with E-state index in [2.05, 4.69) is 18.3 Å². The third-order valence-corrected chi connectivity index (χ3v) is 4.18. The summed E-state index contributed by atoms with van der Waals surface area (Å²) >= 11 is 5.94. The molecule has 0 unspecified atom stereocenters. The van der Waals surface area contributed by atoms with E-state index in [0.717, 1.165) is 40.7 Å². The lowest BCUT2D eigenvalue weighted by molar-refractivity contribution is 0.266. The number of hydrogen-bond acceptors (Lipinski definition) is 3. The van der Waals surface area contributed by atoms with Gasteiger partial charge in [0.05, 0.1) is 6.61 Å². The molecule has 0 aliphatic rings. The molecule has 2 aromatic rings. The highest BCUT2D eigenvalue weighted by Crippen LogP contribution is 2.32. The van der Waals surface area contributed by atoms with Gasteiger partial charge in [0.1, 0.15) is 6.61 Å². The Balaban J connectivity index is 0.00000338. The molecule has 0 spiro atoms. The summed E-state index contributed by atoms with van der Waals surface area (Å²) in [5.74, 6) is 1.62. The van der Waals surface area contributed by atoms with Crippen molar-refractivity contribution in [1.82, 2.24) is 5.32 Å². The maximum atomic E-state index is 6.12. The molecule has 0 aliphatic heterocycles. The summed E-state index contributed by atoms with van der Waals surface area (Å²) in [6.07, 6.45) is 3.69. The predicted octanol–water partition coefficient (Wildman–Crippen LogP) is 6.02. The van der Waals surface area contributed by atoms with Gasteiger partial charge in [0.2, 0.25) is 0 Å². The lowest BCUT2D eigenvalue weighted by Crippen LogP contribution is -2.15. The number of rotatable bonds is 11. The van der Waals surface area contributed by atoms with Crippen molar-refractivity contribution in [2.24, 2.45) is 0 Å². The van der Waals surface area contributed by atoms with Crippen LogP contribution in [0, 0.1) is 0 Å². The molecule has 0 fully saturated rings. The molecular formula is C21H29Cl2NO2. The Kier molecular flexibility index (Phi) is 11.2. The molecule has 0 radical (unpaired) electrons. The Bertz CT molecular complexity index is 632. The van der Waals surface area contributed by atoms with Crippen LogP contribution in [-0.4, -0.2) is 13.2 Å². The molecule has 144 valence electrons. The number of halogens is 2. The molecule has 0 atom stereocenters. The average molecular weight is 398 g/mol. The first-order chi connectivity index (χ1) is 12.2. The first kappa shape index (κ1) is 22.6. The second kappa shape index (κ2) is 12.9. The van der Waals surface area contributed by atoms with Crippen molar-refractivity contribution >= 4 is 24.0 Å². The smallest absolute Gasteiger partial charge is 0.166 e. The maximum Gasteiger partial charge on any atom is 0.166 e. The number of benzene rings is 2. The fourth-order valence-corrected chi connectivity index (χ4v) is 2.72. The van der Waals surface area contributed by atoms with Crippen LogP contribution in [0.1, 0.15) is 44.2 Å². The average Bonchev–Trinajstić information content (AvgIpc) is 2.62. The third-order valence-electron chi connectivity index (χ3n) is 3.93. The van der Waals surface area contributed by atoms with E-state index in [4.69, 9.17) is 21.1 Å². The quantitative estimate of drug-likeness (QED) is 0.470. The highest BCUT2D eigenvalue weighted by Gasteiger charge is 2.11. The summed E-state index contributed by atoms with van der Waals surface area (Å²) in [6.45, 7) is 7.10. The molecule has 2 aromatic carbocycles. The molecule has 5 heteroatoms. The summed E-state index contributed by atoms with van der Waals surface area (Å²) in [6, 6.07) is 13.8. The van der Waals surface area contributed by atoms with Gasteiger partial charge in [-0.3, -0.25) is 0 Å². The topological polar surface area (TPSA) is 30.5 Å². The lowest BCUT2D eigenvalue weighted by atomic mass is 10.1. The Labute approximate surface area is 168 Å². The third kappa shape index (κ3) is 7.45. The molecule has 0 aliphatic carbocycles. The second-order valence-corrected chi connectivity index (χ2v) is 6.41. The molecule has 0 bridgehead atoms. The van der Waals surface area contributed by atoms with Crippen LogP contribution in [0.15, 0.2) is 42.5 Å². The minimum absolute atomic E-state index is 0. The van der Waals surface area contributed by atoms with Gasteiger partial charge in [-0.1, -0.05) is 55.6 Å². The monoisotopic (exact) mass is 397 g/mol. The van der Waals surface area contributed by atoms with Gasteiger partial charge in [-0.2, -0.15) is 0 Å². The van der Waals surface area contributed by atoms with Gasteiger partial charge < -0.3 is 14.8 Å². The molecule has 0 saturated heterocycles. The van der Waals surface area contributed by atoms with E-state index in [1.807, 2.05) is 43.3 Å². The van der Waals surface area contributed by atoms with Crippen molar-refractivity contribution in [3.05, 3.63) is 58.6 Å². The minimum Gasteiger partial charge on any atom is -0.490 e. The van der Waals surface area contributed by atoms with Crippen LogP contribution in [-0.2, 0) is 13.2 Å². The molecule has 26 heavy (non-hydrogen) atoms. The predicted molar refractivity (Wildman–Crippen MR) is 112 cm³/mol. The standard InChI is InChI=1S/C21H28ClNO2.ClH/c1-3-5-6-14-23-15-18-8-7-9-20(24-4-2)21(18)25-16-17-10-12-19(22)13-11-17;/h7-13,23H,3-6,14-16H2,1-2H3;1H. The Morgan fingerprint density at radius 1 is 0.962 bits per heavy atom. The van der Waals surface area contributed by atoms with Crippen LogP contribution in [0.4, 0.5) is 0 Å². The summed E-state index contributed by atoms with van der Waals surface area (Å²) in [5, 5.41) is 4.23. The molecule has 3 nitrogen and oxygen atoms in total. The van der Waals surface area contributed by atoms with Crippen LogP contribution in [0.3, 0.4) is 0 Å². The second-order valence-electron chi connectivity index (χ2n) is 5.98. The first-order valence-corrected chi connectivity index (χ1v) is 9.45. The van der Waals surface area contributed by atoms with Crippen molar-refractivity contribution in [2.45, 2.75) is 46.3 Å². The number of unbranched alkanes of at least 4 members (excludes halogenated alkanes) is 2. The van der Waals surface area contributed by atoms with Crippen LogP contribution in [0.5, 0.6) is 11.5 Å². The highest BCUT2D eigenvalue weighted by atomic mass is 35.5. The number of nitrogens with one attached hydrogen (secondary N) is 1. The van der Waals surface area contributed by atoms with Gasteiger partial charge in [0.25, 0.3) is 0 Å². The van der Waals surface area contributed by atoms with Crippen LogP contribution < -0.4 is 14.8 Å².